The minimum Gasteiger partial charge on any atom is -0.494 e. The van der Waals surface area contributed by atoms with E-state index in [9.17, 15) is 31.9 Å². The summed E-state index contributed by atoms with van der Waals surface area (Å²) < 4.78 is 82.1. The normalized spacial score (nSPS) is 14.1. The first kappa shape index (κ1) is 31.5. The van der Waals surface area contributed by atoms with Crippen LogP contribution in [0.25, 0.3) is 22.6 Å². The minimum atomic E-state index is -4.79. The Hall–Kier alpha value is -5.53. The molecule has 3 heterocycles. The third-order valence-electron chi connectivity index (χ3n) is 7.70. The number of nitrogens with zero attached hydrogens (tertiary/aromatic N) is 4. The highest BCUT2D eigenvalue weighted by Gasteiger charge is 2.51. The van der Waals surface area contributed by atoms with E-state index >= 15 is 0 Å². The Labute approximate surface area is 264 Å². The van der Waals surface area contributed by atoms with Gasteiger partial charge in [-0.2, -0.15) is 18.3 Å². The molecule has 0 saturated carbocycles. The van der Waals surface area contributed by atoms with Crippen molar-refractivity contribution in [3.8, 4) is 28.4 Å². The number of imidazole rings is 1. The molecule has 3 aromatic carbocycles. The highest BCUT2D eigenvalue weighted by Crippen LogP contribution is 2.42. The molecule has 2 N–H and O–H groups in total. The molecule has 14 heteroatoms. The molecule has 1 aliphatic rings. The number of H-pyrrole nitrogens is 1. The van der Waals surface area contributed by atoms with Gasteiger partial charge in [0.1, 0.15) is 17.3 Å². The van der Waals surface area contributed by atoms with Gasteiger partial charge in [-0.1, -0.05) is 48.5 Å². The number of alkyl halides is 3. The number of hydrogen-bond acceptors (Lipinski definition) is 7. The molecule has 1 atom stereocenters. The predicted molar refractivity (Wildman–Crippen MR) is 159 cm³/mol. The first-order valence-corrected chi connectivity index (χ1v) is 14.4. The quantitative estimate of drug-likeness (QED) is 0.154. The molecule has 47 heavy (non-hydrogen) atoms. The third kappa shape index (κ3) is 5.93. The van der Waals surface area contributed by atoms with Gasteiger partial charge in [-0.05, 0) is 42.3 Å². The van der Waals surface area contributed by atoms with E-state index in [-0.39, 0.29) is 59.4 Å². The van der Waals surface area contributed by atoms with E-state index in [0.29, 0.717) is 17.7 Å². The van der Waals surface area contributed by atoms with Crippen LogP contribution in [0.3, 0.4) is 0 Å². The van der Waals surface area contributed by atoms with Crippen LogP contribution in [-0.4, -0.2) is 44.0 Å². The lowest BCUT2D eigenvalue weighted by atomic mass is 9.86. The van der Waals surface area contributed by atoms with Crippen LogP contribution in [0.1, 0.15) is 41.6 Å². The van der Waals surface area contributed by atoms with E-state index in [1.807, 2.05) is 6.92 Å². The summed E-state index contributed by atoms with van der Waals surface area (Å²) in [5.41, 5.74) is -2.76. The van der Waals surface area contributed by atoms with Gasteiger partial charge in [-0.15, -0.1) is 0 Å². The summed E-state index contributed by atoms with van der Waals surface area (Å²) in [4.78, 5) is 20.6. The molecular weight excluding hydrogens is 625 g/mol. The molecule has 6 rings (SSSR count). The molecule has 0 radical (unpaired) electrons. The Morgan fingerprint density at radius 1 is 1.04 bits per heavy atom. The van der Waals surface area contributed by atoms with Crippen LogP contribution in [0.4, 0.5) is 22.0 Å². The molecule has 1 aliphatic heterocycles. The SMILES string of the molecule is CCCOc1ccc(-c2cc(C(Cc3ccccc3)(C(=O)O)N3Cc4nc(-c5cccc(F)c5F)[nH]c4C=N3)on2)c(C(F)(F)F)c1. The Bertz CT molecular complexity index is 1960. The average Bonchev–Trinajstić information content (AvgIpc) is 3.71. The Balaban J connectivity index is 1.44. The van der Waals surface area contributed by atoms with Crippen molar-refractivity contribution in [3.63, 3.8) is 0 Å². The molecule has 1 unspecified atom stereocenters. The van der Waals surface area contributed by atoms with E-state index in [1.165, 1.54) is 35.5 Å². The number of hydrazone groups is 1. The summed E-state index contributed by atoms with van der Waals surface area (Å²) in [6.07, 6.45) is -3.16. The number of carboxylic acid groups (broad SMARTS) is 1. The summed E-state index contributed by atoms with van der Waals surface area (Å²) in [6, 6.07) is 16.7. The van der Waals surface area contributed by atoms with Gasteiger partial charge in [0.2, 0.25) is 5.54 Å². The molecule has 0 spiro atoms. The van der Waals surface area contributed by atoms with Gasteiger partial charge in [0, 0.05) is 18.1 Å². The van der Waals surface area contributed by atoms with Crippen molar-refractivity contribution in [2.45, 2.75) is 38.0 Å². The second-order valence-corrected chi connectivity index (χ2v) is 10.8. The van der Waals surface area contributed by atoms with Crippen LogP contribution in [0.15, 0.2) is 82.4 Å². The largest absolute Gasteiger partial charge is 0.494 e. The predicted octanol–water partition coefficient (Wildman–Crippen LogP) is 7.19. The number of aromatic nitrogens is 3. The fraction of sp³-hybridized carbons (Fsp3) is 0.212. The molecule has 2 aromatic heterocycles. The number of benzene rings is 3. The van der Waals surface area contributed by atoms with Gasteiger partial charge < -0.3 is 19.4 Å². The number of halogens is 5. The maximum absolute atomic E-state index is 14.6. The molecule has 242 valence electrons. The Morgan fingerprint density at radius 3 is 2.55 bits per heavy atom. The first-order chi connectivity index (χ1) is 22.5. The summed E-state index contributed by atoms with van der Waals surface area (Å²) in [5.74, 6) is -3.90. The van der Waals surface area contributed by atoms with Gasteiger partial charge in [0.05, 0.1) is 41.9 Å². The van der Waals surface area contributed by atoms with E-state index in [2.05, 4.69) is 20.2 Å². The number of carbonyl (C=O) groups is 1. The van der Waals surface area contributed by atoms with Crippen molar-refractivity contribution < 1.29 is 41.1 Å². The fourth-order valence-corrected chi connectivity index (χ4v) is 5.38. The van der Waals surface area contributed by atoms with Crippen molar-refractivity contribution in [1.29, 1.82) is 0 Å². The van der Waals surface area contributed by atoms with Crippen LogP contribution < -0.4 is 4.74 Å². The van der Waals surface area contributed by atoms with Crippen LogP contribution in [0.5, 0.6) is 5.75 Å². The zero-order chi connectivity index (χ0) is 33.3. The third-order valence-corrected chi connectivity index (χ3v) is 7.70. The van der Waals surface area contributed by atoms with Gasteiger partial charge >= 0.3 is 12.1 Å². The number of aromatic amines is 1. The first-order valence-electron chi connectivity index (χ1n) is 14.4. The van der Waals surface area contributed by atoms with Gasteiger partial charge in [0.15, 0.2) is 17.4 Å². The zero-order valence-corrected chi connectivity index (χ0v) is 24.7. The van der Waals surface area contributed by atoms with E-state index in [1.54, 1.807) is 30.3 Å². The number of ether oxygens (including phenoxy) is 1. The van der Waals surface area contributed by atoms with Crippen LogP contribution in [0.2, 0.25) is 0 Å². The maximum Gasteiger partial charge on any atom is 0.417 e. The van der Waals surface area contributed by atoms with Gasteiger partial charge in [-0.3, -0.25) is 5.01 Å². The molecule has 5 aromatic rings. The Kier molecular flexibility index (Phi) is 8.26. The lowest BCUT2D eigenvalue weighted by molar-refractivity contribution is -0.155. The maximum atomic E-state index is 14.6. The smallest absolute Gasteiger partial charge is 0.417 e. The standard InChI is InChI=1S/C33H26F5N5O4/c1-2-13-46-20-11-12-21(23(14-20)33(36,37)38)25-15-28(47-42-25)32(31(44)45,16-19-7-4-3-5-8-19)43-18-27-26(17-39-43)40-30(41-27)22-9-6-10-24(34)29(22)35/h3-12,14-15,17H,2,13,16,18H2,1H3,(H,40,41)(H,44,45). The van der Waals surface area contributed by atoms with Crippen molar-refractivity contribution >= 4 is 12.2 Å². The average molecular weight is 652 g/mol. The Morgan fingerprint density at radius 2 is 1.83 bits per heavy atom. The number of rotatable bonds is 10. The summed E-state index contributed by atoms with van der Waals surface area (Å²) in [5, 5.41) is 20.3. The highest BCUT2D eigenvalue weighted by molar-refractivity contribution is 5.84. The lowest BCUT2D eigenvalue weighted by Gasteiger charge is -2.37. The molecule has 0 saturated heterocycles. The summed E-state index contributed by atoms with van der Waals surface area (Å²) in [7, 11) is 0. The second kappa shape index (κ2) is 12.3. The summed E-state index contributed by atoms with van der Waals surface area (Å²) >= 11 is 0. The second-order valence-electron chi connectivity index (χ2n) is 10.8. The van der Waals surface area contributed by atoms with E-state index in [4.69, 9.17) is 9.26 Å². The minimum absolute atomic E-state index is 0.00252. The van der Waals surface area contributed by atoms with E-state index in [0.717, 1.165) is 18.2 Å². The van der Waals surface area contributed by atoms with Crippen LogP contribution in [-0.2, 0) is 29.5 Å². The van der Waals surface area contributed by atoms with Crippen LogP contribution in [0, 0.1) is 11.6 Å². The number of aliphatic carboxylic acids is 1. The molecular formula is C33H26F5N5O4. The molecule has 0 amide bonds. The van der Waals surface area contributed by atoms with Gasteiger partial charge in [-0.25, -0.2) is 18.6 Å². The van der Waals surface area contributed by atoms with Crippen molar-refractivity contribution in [2.75, 3.05) is 6.61 Å². The number of nitrogens with one attached hydrogen (secondary N) is 1. The zero-order valence-electron chi connectivity index (χ0n) is 24.7. The fourth-order valence-electron chi connectivity index (χ4n) is 5.38. The molecule has 0 fully saturated rings. The van der Waals surface area contributed by atoms with E-state index < -0.39 is 34.9 Å². The van der Waals surface area contributed by atoms with Crippen molar-refractivity contribution in [1.82, 2.24) is 20.1 Å². The number of fused-ring (bicyclic) bond motifs is 1. The van der Waals surface area contributed by atoms with Gasteiger partial charge in [0.25, 0.3) is 0 Å². The molecule has 9 nitrogen and oxygen atoms in total. The topological polar surface area (TPSA) is 117 Å². The van der Waals surface area contributed by atoms with Crippen LogP contribution >= 0.6 is 0 Å². The summed E-state index contributed by atoms with van der Waals surface area (Å²) in [6.45, 7) is 1.80. The molecule has 0 aliphatic carbocycles. The highest BCUT2D eigenvalue weighted by atomic mass is 19.4. The van der Waals surface area contributed by atoms with Crippen molar-refractivity contribution in [2.24, 2.45) is 5.10 Å². The lowest BCUT2D eigenvalue weighted by Crippen LogP contribution is -2.51. The number of hydrogen-bond donors (Lipinski definition) is 2. The monoisotopic (exact) mass is 651 g/mol. The van der Waals surface area contributed by atoms with Crippen molar-refractivity contribution in [3.05, 3.63) is 113 Å². The number of carboxylic acids is 1. The molecule has 0 bridgehead atoms.